The highest BCUT2D eigenvalue weighted by molar-refractivity contribution is 9.10. The van der Waals surface area contributed by atoms with Crippen LogP contribution >= 0.6 is 28.3 Å². The van der Waals surface area contributed by atoms with E-state index >= 15 is 0 Å². The second-order valence-electron chi connectivity index (χ2n) is 1.77. The first-order valence-corrected chi connectivity index (χ1v) is 3.45. The molecule has 0 saturated carbocycles. The van der Waals surface area contributed by atoms with Crippen LogP contribution in [-0.2, 0) is 0 Å². The van der Waals surface area contributed by atoms with Gasteiger partial charge < -0.3 is 5.43 Å². The van der Waals surface area contributed by atoms with Crippen molar-refractivity contribution in [3.8, 4) is 0 Å². The van der Waals surface area contributed by atoms with Gasteiger partial charge in [-0.05, 0) is 34.1 Å². The number of halogens is 3. The van der Waals surface area contributed by atoms with Crippen molar-refractivity contribution in [1.82, 2.24) is 0 Å². The Kier molecular flexibility index (Phi) is 4.40. The molecule has 0 saturated heterocycles. The van der Waals surface area contributed by atoms with E-state index in [2.05, 4.69) is 21.4 Å². The van der Waals surface area contributed by atoms with Gasteiger partial charge in [-0.2, -0.15) is 0 Å². The smallest absolute Gasteiger partial charge is 0.137 e. The molecule has 0 aliphatic heterocycles. The predicted octanol–water partition coefficient (Wildman–Crippen LogP) is 2.30. The first-order valence-electron chi connectivity index (χ1n) is 2.65. The molecule has 0 atom stereocenters. The summed E-state index contributed by atoms with van der Waals surface area (Å²) in [4.78, 5) is 0. The van der Waals surface area contributed by atoms with Gasteiger partial charge in [0.25, 0.3) is 0 Å². The van der Waals surface area contributed by atoms with Crippen molar-refractivity contribution < 1.29 is 4.39 Å². The topological polar surface area (TPSA) is 38.0 Å². The zero-order chi connectivity index (χ0) is 7.56. The third-order valence-corrected chi connectivity index (χ3v) is 1.69. The van der Waals surface area contributed by atoms with E-state index in [1.807, 2.05) is 0 Å². The fourth-order valence-corrected chi connectivity index (χ4v) is 0.965. The molecule has 0 spiro atoms. The van der Waals surface area contributed by atoms with Gasteiger partial charge in [-0.3, -0.25) is 5.84 Å². The van der Waals surface area contributed by atoms with Crippen LogP contribution in [0.25, 0.3) is 0 Å². The lowest BCUT2D eigenvalue weighted by atomic mass is 10.3. The molecular weight excluding hydrogens is 234 g/mol. The average Bonchev–Trinajstić information content (AvgIpc) is 1.95. The number of hydrogen-bond donors (Lipinski definition) is 2. The van der Waals surface area contributed by atoms with Gasteiger partial charge in [0, 0.05) is 5.69 Å². The summed E-state index contributed by atoms with van der Waals surface area (Å²) in [7, 11) is 0. The summed E-state index contributed by atoms with van der Waals surface area (Å²) < 4.78 is 12.9. The zero-order valence-electron chi connectivity index (χ0n) is 5.47. The standard InChI is InChI=1S/C6H6BrFN2.ClH/c7-5-3-4(10-9)1-2-6(5)8;/h1-3,10H,9H2;1H. The van der Waals surface area contributed by atoms with Crippen molar-refractivity contribution in [3.05, 3.63) is 28.5 Å². The predicted molar refractivity (Wildman–Crippen MR) is 49.2 cm³/mol. The largest absolute Gasteiger partial charge is 0.324 e. The second-order valence-corrected chi connectivity index (χ2v) is 2.63. The Morgan fingerprint density at radius 2 is 2.09 bits per heavy atom. The van der Waals surface area contributed by atoms with Gasteiger partial charge >= 0.3 is 0 Å². The summed E-state index contributed by atoms with van der Waals surface area (Å²) in [6, 6.07) is 4.45. The van der Waals surface area contributed by atoms with Crippen molar-refractivity contribution in [2.75, 3.05) is 5.43 Å². The van der Waals surface area contributed by atoms with Crippen molar-refractivity contribution >= 4 is 34.0 Å². The van der Waals surface area contributed by atoms with Crippen LogP contribution < -0.4 is 11.3 Å². The minimum Gasteiger partial charge on any atom is -0.324 e. The quantitative estimate of drug-likeness (QED) is 0.585. The zero-order valence-corrected chi connectivity index (χ0v) is 7.88. The van der Waals surface area contributed by atoms with Crippen LogP contribution in [-0.4, -0.2) is 0 Å². The van der Waals surface area contributed by atoms with E-state index in [0.717, 1.165) is 0 Å². The Morgan fingerprint density at radius 1 is 1.45 bits per heavy atom. The molecule has 0 aromatic heterocycles. The Balaban J connectivity index is 0.000001000. The van der Waals surface area contributed by atoms with Gasteiger partial charge in [-0.1, -0.05) is 0 Å². The number of hydrogen-bond acceptors (Lipinski definition) is 2. The summed E-state index contributed by atoms with van der Waals surface area (Å²) in [5, 5.41) is 0. The van der Waals surface area contributed by atoms with Crippen LogP contribution in [0.5, 0.6) is 0 Å². The van der Waals surface area contributed by atoms with E-state index in [1.54, 1.807) is 12.1 Å². The first-order chi connectivity index (χ1) is 4.74. The molecule has 1 aromatic carbocycles. The number of nitrogens with two attached hydrogens (primary N) is 1. The lowest BCUT2D eigenvalue weighted by Crippen LogP contribution is -2.06. The van der Waals surface area contributed by atoms with E-state index in [0.29, 0.717) is 10.2 Å². The molecule has 1 rings (SSSR count). The molecule has 0 radical (unpaired) electrons. The van der Waals surface area contributed by atoms with Crippen molar-refractivity contribution in [3.63, 3.8) is 0 Å². The summed E-state index contributed by atoms with van der Waals surface area (Å²) in [5.41, 5.74) is 3.07. The lowest BCUT2D eigenvalue weighted by molar-refractivity contribution is 0.621. The van der Waals surface area contributed by atoms with Gasteiger partial charge in [-0.15, -0.1) is 12.4 Å². The number of hydrazine groups is 1. The molecule has 11 heavy (non-hydrogen) atoms. The van der Waals surface area contributed by atoms with Crippen LogP contribution in [0.2, 0.25) is 0 Å². The fourth-order valence-electron chi connectivity index (χ4n) is 0.586. The Labute approximate surface area is 78.5 Å². The van der Waals surface area contributed by atoms with E-state index < -0.39 is 0 Å². The van der Waals surface area contributed by atoms with Gasteiger partial charge in [0.05, 0.1) is 4.47 Å². The number of rotatable bonds is 1. The molecule has 0 heterocycles. The van der Waals surface area contributed by atoms with Gasteiger partial charge in [-0.25, -0.2) is 4.39 Å². The second kappa shape index (κ2) is 4.54. The number of nitrogens with one attached hydrogen (secondary N) is 1. The average molecular weight is 241 g/mol. The van der Waals surface area contributed by atoms with Crippen LogP contribution in [0.3, 0.4) is 0 Å². The SMILES string of the molecule is Cl.NNc1ccc(F)c(Br)c1. The highest BCUT2D eigenvalue weighted by Gasteiger charge is 1.97. The van der Waals surface area contributed by atoms with Crippen molar-refractivity contribution in [2.45, 2.75) is 0 Å². The summed E-state index contributed by atoms with van der Waals surface area (Å²) in [6.07, 6.45) is 0. The van der Waals surface area contributed by atoms with Crippen LogP contribution in [0.15, 0.2) is 22.7 Å². The lowest BCUT2D eigenvalue weighted by Gasteiger charge is -1.99. The number of nitrogen functional groups attached to an aromatic ring is 1. The van der Waals surface area contributed by atoms with Gasteiger partial charge in [0.2, 0.25) is 0 Å². The van der Waals surface area contributed by atoms with E-state index in [9.17, 15) is 4.39 Å². The van der Waals surface area contributed by atoms with E-state index in [4.69, 9.17) is 5.84 Å². The Bertz CT molecular complexity index is 244. The maximum Gasteiger partial charge on any atom is 0.137 e. The van der Waals surface area contributed by atoms with E-state index in [1.165, 1.54) is 6.07 Å². The molecule has 0 unspecified atom stereocenters. The Hall–Kier alpha value is -0.320. The molecule has 1 aromatic rings. The van der Waals surface area contributed by atoms with Crippen molar-refractivity contribution in [2.24, 2.45) is 5.84 Å². The third-order valence-electron chi connectivity index (χ3n) is 1.09. The van der Waals surface area contributed by atoms with Gasteiger partial charge in [0.1, 0.15) is 5.82 Å². The summed E-state index contributed by atoms with van der Waals surface area (Å²) >= 11 is 3.02. The summed E-state index contributed by atoms with van der Waals surface area (Å²) in [6.45, 7) is 0. The monoisotopic (exact) mass is 240 g/mol. The molecule has 0 fully saturated rings. The molecule has 0 aliphatic rings. The maximum absolute atomic E-state index is 12.5. The molecule has 5 heteroatoms. The molecule has 0 aliphatic carbocycles. The highest BCUT2D eigenvalue weighted by Crippen LogP contribution is 2.18. The number of anilines is 1. The molecule has 2 nitrogen and oxygen atoms in total. The minimum atomic E-state index is -0.293. The van der Waals surface area contributed by atoms with Gasteiger partial charge in [0.15, 0.2) is 0 Å². The third kappa shape index (κ3) is 2.65. The van der Waals surface area contributed by atoms with Crippen LogP contribution in [0.1, 0.15) is 0 Å². The number of benzene rings is 1. The normalized spacial score (nSPS) is 8.64. The molecule has 62 valence electrons. The highest BCUT2D eigenvalue weighted by atomic mass is 79.9. The minimum absolute atomic E-state index is 0. The summed E-state index contributed by atoms with van der Waals surface area (Å²) in [5.74, 6) is 4.78. The Morgan fingerprint density at radius 3 is 2.55 bits per heavy atom. The van der Waals surface area contributed by atoms with Crippen LogP contribution in [0, 0.1) is 5.82 Å². The van der Waals surface area contributed by atoms with E-state index in [-0.39, 0.29) is 18.2 Å². The fraction of sp³-hybridized carbons (Fsp3) is 0. The molecular formula is C6H7BrClFN2. The molecule has 0 amide bonds. The first kappa shape index (κ1) is 10.7. The van der Waals surface area contributed by atoms with Crippen molar-refractivity contribution in [1.29, 1.82) is 0 Å². The molecule has 0 bridgehead atoms. The maximum atomic E-state index is 12.5. The molecule has 3 N–H and O–H groups in total. The van der Waals surface area contributed by atoms with Crippen LogP contribution in [0.4, 0.5) is 10.1 Å².